The van der Waals surface area contributed by atoms with E-state index in [4.69, 9.17) is 10.8 Å². The summed E-state index contributed by atoms with van der Waals surface area (Å²) in [6, 6.07) is 0. The van der Waals surface area contributed by atoms with Crippen LogP contribution in [-0.4, -0.2) is 71.2 Å². The van der Waals surface area contributed by atoms with Gasteiger partial charge in [-0.15, -0.1) is 0 Å². The van der Waals surface area contributed by atoms with E-state index in [1.165, 1.54) is 0 Å². The third-order valence-corrected chi connectivity index (χ3v) is 3.27. The molecule has 6 nitrogen and oxygen atoms in total. The molecule has 0 bridgehead atoms. The maximum absolute atomic E-state index is 12.7. The highest BCUT2D eigenvalue weighted by atomic mass is 19.4. The van der Waals surface area contributed by atoms with Crippen molar-refractivity contribution >= 4 is 11.9 Å². The number of hydrogen-bond acceptors (Lipinski definition) is 4. The first-order chi connectivity index (χ1) is 9.05. The van der Waals surface area contributed by atoms with Crippen LogP contribution >= 0.6 is 0 Å². The zero-order valence-corrected chi connectivity index (χ0v) is 11.1. The number of aliphatic carboxylic acids is 1. The second-order valence-electron chi connectivity index (χ2n) is 5.02. The lowest BCUT2D eigenvalue weighted by Gasteiger charge is -2.32. The van der Waals surface area contributed by atoms with Gasteiger partial charge >= 0.3 is 12.1 Å². The first kappa shape index (κ1) is 16.7. The minimum Gasteiger partial charge on any atom is -0.480 e. The predicted octanol–water partition coefficient (Wildman–Crippen LogP) is -0.115. The number of hydrogen-bond donors (Lipinski definition) is 2. The van der Waals surface area contributed by atoms with E-state index in [1.807, 2.05) is 0 Å². The molecule has 0 aromatic rings. The van der Waals surface area contributed by atoms with Crippen LogP contribution in [0.5, 0.6) is 0 Å². The molecule has 1 saturated heterocycles. The SMILES string of the molecule is CC(N)(C(=O)N1CCCN(CC(=O)O)CC1)C(F)(F)F. The molecule has 116 valence electrons. The first-order valence-corrected chi connectivity index (χ1v) is 6.15. The van der Waals surface area contributed by atoms with Crippen LogP contribution < -0.4 is 5.73 Å². The van der Waals surface area contributed by atoms with Crippen LogP contribution in [0.15, 0.2) is 0 Å². The number of amides is 1. The second kappa shape index (κ2) is 5.96. The van der Waals surface area contributed by atoms with Gasteiger partial charge in [0.2, 0.25) is 0 Å². The van der Waals surface area contributed by atoms with E-state index in [0.717, 1.165) is 4.90 Å². The predicted molar refractivity (Wildman–Crippen MR) is 63.9 cm³/mol. The van der Waals surface area contributed by atoms with Crippen molar-refractivity contribution in [3.63, 3.8) is 0 Å². The van der Waals surface area contributed by atoms with Gasteiger partial charge in [0, 0.05) is 26.2 Å². The Bertz CT molecular complexity index is 385. The van der Waals surface area contributed by atoms with Crippen LogP contribution in [-0.2, 0) is 9.59 Å². The van der Waals surface area contributed by atoms with E-state index in [1.54, 1.807) is 4.90 Å². The standard InChI is InChI=1S/C11H18F3N3O3/c1-10(15,11(12,13)14)9(20)17-4-2-3-16(5-6-17)7-8(18)19/h2-7,15H2,1H3,(H,18,19). The number of carboxylic acid groups (broad SMARTS) is 1. The molecule has 0 aliphatic carbocycles. The summed E-state index contributed by atoms with van der Waals surface area (Å²) >= 11 is 0. The molecule has 3 N–H and O–H groups in total. The first-order valence-electron chi connectivity index (χ1n) is 6.15. The fraction of sp³-hybridized carbons (Fsp3) is 0.818. The molecule has 1 aliphatic heterocycles. The molecule has 1 fully saturated rings. The van der Waals surface area contributed by atoms with Crippen molar-refractivity contribution in [2.45, 2.75) is 25.1 Å². The van der Waals surface area contributed by atoms with Gasteiger partial charge in [0.15, 0.2) is 5.54 Å². The van der Waals surface area contributed by atoms with E-state index >= 15 is 0 Å². The highest BCUT2D eigenvalue weighted by Gasteiger charge is 2.55. The number of halogens is 3. The summed E-state index contributed by atoms with van der Waals surface area (Å²) in [6.07, 6.45) is -4.41. The van der Waals surface area contributed by atoms with Crippen molar-refractivity contribution in [1.29, 1.82) is 0 Å². The number of alkyl halides is 3. The molecule has 0 spiro atoms. The van der Waals surface area contributed by atoms with Crippen molar-refractivity contribution in [1.82, 2.24) is 9.80 Å². The fourth-order valence-corrected chi connectivity index (χ4v) is 1.97. The quantitative estimate of drug-likeness (QED) is 0.759. The molecule has 0 aromatic carbocycles. The topological polar surface area (TPSA) is 86.9 Å². The molecule has 1 heterocycles. The van der Waals surface area contributed by atoms with Crippen LogP contribution in [0.25, 0.3) is 0 Å². The molecule has 0 radical (unpaired) electrons. The summed E-state index contributed by atoms with van der Waals surface area (Å²) < 4.78 is 38.2. The lowest BCUT2D eigenvalue weighted by atomic mass is 10.0. The highest BCUT2D eigenvalue weighted by Crippen LogP contribution is 2.29. The minimum atomic E-state index is -4.82. The number of nitrogens with zero attached hydrogens (tertiary/aromatic N) is 2. The molecule has 20 heavy (non-hydrogen) atoms. The number of nitrogens with two attached hydrogens (primary N) is 1. The zero-order valence-electron chi connectivity index (χ0n) is 11.1. The molecule has 0 saturated carbocycles. The van der Waals surface area contributed by atoms with Crippen molar-refractivity contribution in [3.8, 4) is 0 Å². The van der Waals surface area contributed by atoms with Gasteiger partial charge in [-0.25, -0.2) is 0 Å². The monoisotopic (exact) mass is 297 g/mol. The summed E-state index contributed by atoms with van der Waals surface area (Å²) in [7, 11) is 0. The summed E-state index contributed by atoms with van der Waals surface area (Å²) in [6.45, 7) is 1.26. The van der Waals surface area contributed by atoms with Gasteiger partial charge < -0.3 is 15.7 Å². The molecular weight excluding hydrogens is 279 g/mol. The van der Waals surface area contributed by atoms with Crippen LogP contribution in [0.4, 0.5) is 13.2 Å². The summed E-state index contributed by atoms with van der Waals surface area (Å²) in [5, 5.41) is 8.68. The molecule has 0 aromatic heterocycles. The fourth-order valence-electron chi connectivity index (χ4n) is 1.97. The van der Waals surface area contributed by atoms with Gasteiger partial charge in [-0.1, -0.05) is 0 Å². The Morgan fingerprint density at radius 3 is 2.30 bits per heavy atom. The maximum atomic E-state index is 12.7. The van der Waals surface area contributed by atoms with Gasteiger partial charge in [0.05, 0.1) is 6.54 Å². The van der Waals surface area contributed by atoms with Crippen LogP contribution in [0.1, 0.15) is 13.3 Å². The Labute approximate surface area is 114 Å². The van der Waals surface area contributed by atoms with Crippen LogP contribution in [0.3, 0.4) is 0 Å². The van der Waals surface area contributed by atoms with Gasteiger partial charge in [-0.05, 0) is 13.3 Å². The van der Waals surface area contributed by atoms with Crippen molar-refractivity contribution in [2.24, 2.45) is 5.73 Å². The molecule has 1 amide bonds. The van der Waals surface area contributed by atoms with Gasteiger partial charge in [-0.3, -0.25) is 14.5 Å². The molecule has 1 rings (SSSR count). The van der Waals surface area contributed by atoms with E-state index in [0.29, 0.717) is 19.9 Å². The number of carbonyl (C=O) groups excluding carboxylic acids is 1. The van der Waals surface area contributed by atoms with Crippen LogP contribution in [0.2, 0.25) is 0 Å². The average Bonchev–Trinajstić information content (AvgIpc) is 2.51. The Kier molecular flexibility index (Phi) is 4.98. The molecule has 1 atom stereocenters. The second-order valence-corrected chi connectivity index (χ2v) is 5.02. The summed E-state index contributed by atoms with van der Waals surface area (Å²) in [4.78, 5) is 25.1. The average molecular weight is 297 g/mol. The third kappa shape index (κ3) is 3.83. The van der Waals surface area contributed by atoms with Gasteiger partial charge in [0.25, 0.3) is 5.91 Å². The maximum Gasteiger partial charge on any atom is 0.415 e. The smallest absolute Gasteiger partial charge is 0.415 e. The lowest BCUT2D eigenvalue weighted by molar-refractivity contribution is -0.193. The van der Waals surface area contributed by atoms with E-state index in [-0.39, 0.29) is 26.2 Å². The molecular formula is C11H18F3N3O3. The van der Waals surface area contributed by atoms with E-state index in [9.17, 15) is 22.8 Å². The number of carboxylic acids is 1. The van der Waals surface area contributed by atoms with Crippen LogP contribution in [0, 0.1) is 0 Å². The Hall–Kier alpha value is -1.35. The largest absolute Gasteiger partial charge is 0.480 e. The molecule has 1 aliphatic rings. The Morgan fingerprint density at radius 2 is 1.80 bits per heavy atom. The van der Waals surface area contributed by atoms with Crippen molar-refractivity contribution in [3.05, 3.63) is 0 Å². The summed E-state index contributed by atoms with van der Waals surface area (Å²) in [5.41, 5.74) is 2.19. The summed E-state index contributed by atoms with van der Waals surface area (Å²) in [5.74, 6) is -2.19. The highest BCUT2D eigenvalue weighted by molar-refractivity contribution is 5.86. The van der Waals surface area contributed by atoms with E-state index < -0.39 is 23.6 Å². The van der Waals surface area contributed by atoms with Gasteiger partial charge in [-0.2, -0.15) is 13.2 Å². The Morgan fingerprint density at radius 1 is 1.20 bits per heavy atom. The molecule has 1 unspecified atom stereocenters. The Balaban J connectivity index is 2.70. The van der Waals surface area contributed by atoms with Gasteiger partial charge in [0.1, 0.15) is 0 Å². The normalized spacial score (nSPS) is 21.1. The molecule has 9 heteroatoms. The van der Waals surface area contributed by atoms with E-state index in [2.05, 4.69) is 0 Å². The minimum absolute atomic E-state index is 0.0367. The van der Waals surface area contributed by atoms with Crippen molar-refractivity contribution in [2.75, 3.05) is 32.7 Å². The third-order valence-electron chi connectivity index (χ3n) is 3.27. The lowest BCUT2D eigenvalue weighted by Crippen LogP contribution is -2.62. The number of rotatable bonds is 3. The zero-order chi connectivity index (χ0) is 15.6. The van der Waals surface area contributed by atoms with Crippen molar-refractivity contribution < 1.29 is 27.9 Å². The number of carbonyl (C=O) groups is 2.